The molecule has 0 unspecified atom stereocenters. The van der Waals surface area contributed by atoms with Crippen LogP contribution in [-0.4, -0.2) is 72.3 Å². The number of carbonyl (C=O) groups excluding carboxylic acids is 6. The number of aromatic amines is 1. The number of rotatable bonds is 12. The zero-order chi connectivity index (χ0) is 30.7. The van der Waals surface area contributed by atoms with Gasteiger partial charge in [0.05, 0.1) is 19.8 Å². The Morgan fingerprint density at radius 3 is 2.15 bits per heavy atom. The molecule has 41 heavy (non-hydrogen) atoms. The van der Waals surface area contributed by atoms with E-state index in [1.165, 1.54) is 33.3 Å². The van der Waals surface area contributed by atoms with Gasteiger partial charge in [-0.2, -0.15) is 4.98 Å². The van der Waals surface area contributed by atoms with E-state index in [4.69, 9.17) is 4.74 Å². The number of carbonyl (C=O) groups is 6. The summed E-state index contributed by atoms with van der Waals surface area (Å²) in [4.78, 5) is 91.8. The van der Waals surface area contributed by atoms with E-state index in [0.29, 0.717) is 5.69 Å². The standard InChI is InChI=1S/C26H32N6O9/c1-14(33)28-26-30-22(32(15(2)34)16(3)35)19(24(38)31-26)12-13-27-18-8-6-17(7-9-18)23(37)29-20(25(39)41-5)10-11-21(36)40-4/h6-9,20,27H,10-13H2,1-5H3,(H,29,37)(H2,28,30,31,33,38)/t20-/m0/s1. The molecule has 0 aliphatic heterocycles. The quantitative estimate of drug-likeness (QED) is 0.258. The van der Waals surface area contributed by atoms with Crippen LogP contribution in [0.5, 0.6) is 0 Å². The van der Waals surface area contributed by atoms with Crippen LogP contribution in [0.1, 0.15) is 49.5 Å². The lowest BCUT2D eigenvalue weighted by molar-refractivity contribution is -0.144. The summed E-state index contributed by atoms with van der Waals surface area (Å²) in [7, 11) is 2.39. The van der Waals surface area contributed by atoms with Gasteiger partial charge in [0, 0.05) is 45.0 Å². The van der Waals surface area contributed by atoms with Crippen molar-refractivity contribution >= 4 is 53.0 Å². The molecule has 2 rings (SSSR count). The summed E-state index contributed by atoms with van der Waals surface area (Å²) in [6.45, 7) is 3.68. The molecule has 15 nitrogen and oxygen atoms in total. The van der Waals surface area contributed by atoms with Gasteiger partial charge in [0.15, 0.2) is 5.82 Å². The van der Waals surface area contributed by atoms with Crippen molar-refractivity contribution in [2.75, 3.05) is 36.3 Å². The van der Waals surface area contributed by atoms with Gasteiger partial charge in [-0.3, -0.25) is 39.1 Å². The van der Waals surface area contributed by atoms with E-state index in [1.54, 1.807) is 12.1 Å². The zero-order valence-corrected chi connectivity index (χ0v) is 23.3. The molecule has 4 amide bonds. The van der Waals surface area contributed by atoms with Crippen molar-refractivity contribution in [2.24, 2.45) is 0 Å². The Bertz CT molecular complexity index is 1360. The third-order valence-electron chi connectivity index (χ3n) is 5.64. The number of hydrogen-bond acceptors (Lipinski definition) is 11. The van der Waals surface area contributed by atoms with Crippen LogP contribution in [0, 0.1) is 0 Å². The maximum absolute atomic E-state index is 12.8. The second-order valence-electron chi connectivity index (χ2n) is 8.69. The summed E-state index contributed by atoms with van der Waals surface area (Å²) in [5, 5.41) is 7.93. The van der Waals surface area contributed by atoms with Gasteiger partial charge in [0.2, 0.25) is 23.7 Å². The van der Waals surface area contributed by atoms with E-state index in [0.717, 1.165) is 18.7 Å². The normalized spacial score (nSPS) is 11.0. The average molecular weight is 573 g/mol. The summed E-state index contributed by atoms with van der Waals surface area (Å²) >= 11 is 0. The molecule has 0 bridgehead atoms. The highest BCUT2D eigenvalue weighted by atomic mass is 16.5. The Morgan fingerprint density at radius 1 is 0.976 bits per heavy atom. The van der Waals surface area contributed by atoms with E-state index in [9.17, 15) is 33.6 Å². The van der Waals surface area contributed by atoms with Crippen molar-refractivity contribution in [1.29, 1.82) is 0 Å². The number of aromatic nitrogens is 2. The molecule has 1 aromatic carbocycles. The van der Waals surface area contributed by atoms with Crippen molar-refractivity contribution in [1.82, 2.24) is 15.3 Å². The number of anilines is 3. The summed E-state index contributed by atoms with van der Waals surface area (Å²) in [5.41, 5.74) is 0.200. The molecule has 15 heteroatoms. The fourth-order valence-corrected chi connectivity index (χ4v) is 3.71. The number of benzene rings is 1. The van der Waals surface area contributed by atoms with Crippen LogP contribution in [0.4, 0.5) is 17.5 Å². The van der Waals surface area contributed by atoms with Gasteiger partial charge in [-0.15, -0.1) is 0 Å². The molecule has 0 saturated carbocycles. The molecular weight excluding hydrogens is 540 g/mol. The Labute approximate surface area is 235 Å². The fourth-order valence-electron chi connectivity index (χ4n) is 3.71. The molecule has 0 radical (unpaired) electrons. The minimum Gasteiger partial charge on any atom is -0.469 e. The monoisotopic (exact) mass is 572 g/mol. The van der Waals surface area contributed by atoms with E-state index >= 15 is 0 Å². The topological polar surface area (TPSA) is 206 Å². The third kappa shape index (κ3) is 9.26. The van der Waals surface area contributed by atoms with Crippen molar-refractivity contribution in [2.45, 2.75) is 46.1 Å². The molecule has 0 fully saturated rings. The van der Waals surface area contributed by atoms with Gasteiger partial charge in [-0.25, -0.2) is 9.69 Å². The van der Waals surface area contributed by atoms with Crippen LogP contribution in [0.3, 0.4) is 0 Å². The summed E-state index contributed by atoms with van der Waals surface area (Å²) < 4.78 is 9.25. The van der Waals surface area contributed by atoms with E-state index in [2.05, 4.69) is 30.7 Å². The van der Waals surface area contributed by atoms with Crippen LogP contribution >= 0.6 is 0 Å². The molecule has 0 aliphatic rings. The minimum absolute atomic E-state index is 0.00280. The van der Waals surface area contributed by atoms with E-state index in [1.807, 2.05) is 0 Å². The number of esters is 2. The van der Waals surface area contributed by atoms with Gasteiger partial charge >= 0.3 is 11.9 Å². The Balaban J connectivity index is 2.14. The van der Waals surface area contributed by atoms with Crippen LogP contribution in [0.25, 0.3) is 0 Å². The van der Waals surface area contributed by atoms with Gasteiger partial charge < -0.3 is 20.1 Å². The van der Waals surface area contributed by atoms with Crippen LogP contribution in [0.15, 0.2) is 29.1 Å². The number of nitrogens with zero attached hydrogens (tertiary/aromatic N) is 2. The highest BCUT2D eigenvalue weighted by Crippen LogP contribution is 2.18. The molecule has 0 spiro atoms. The second kappa shape index (κ2) is 14.9. The molecule has 0 saturated heterocycles. The summed E-state index contributed by atoms with van der Waals surface area (Å²) in [6.07, 6.45) is -0.0540. The first-order valence-corrected chi connectivity index (χ1v) is 12.4. The lowest BCUT2D eigenvalue weighted by Gasteiger charge is -2.20. The molecule has 220 valence electrons. The first kappa shape index (κ1) is 32.1. The average Bonchev–Trinajstić information content (AvgIpc) is 2.91. The Kier molecular flexibility index (Phi) is 11.7. The van der Waals surface area contributed by atoms with Crippen molar-refractivity contribution in [3.05, 3.63) is 45.7 Å². The summed E-state index contributed by atoms with van der Waals surface area (Å²) in [6, 6.07) is 5.14. The molecule has 1 aromatic heterocycles. The summed E-state index contributed by atoms with van der Waals surface area (Å²) in [5.74, 6) is -4.04. The number of hydrogen-bond donors (Lipinski definition) is 4. The van der Waals surface area contributed by atoms with Crippen molar-refractivity contribution in [3.8, 4) is 0 Å². The first-order valence-electron chi connectivity index (χ1n) is 12.4. The van der Waals surface area contributed by atoms with Gasteiger partial charge in [-0.05, 0) is 37.1 Å². The van der Waals surface area contributed by atoms with Crippen molar-refractivity contribution in [3.63, 3.8) is 0 Å². The third-order valence-corrected chi connectivity index (χ3v) is 5.64. The van der Waals surface area contributed by atoms with Crippen LogP contribution in [0.2, 0.25) is 0 Å². The molecular formula is C26H32N6O9. The number of amides is 4. The smallest absolute Gasteiger partial charge is 0.328 e. The molecule has 1 heterocycles. The zero-order valence-electron chi connectivity index (χ0n) is 23.3. The number of methoxy groups -OCH3 is 2. The molecule has 2 aromatic rings. The largest absolute Gasteiger partial charge is 0.469 e. The number of imide groups is 1. The number of ether oxygens (including phenoxy) is 2. The highest BCUT2D eigenvalue weighted by Gasteiger charge is 2.25. The lowest BCUT2D eigenvalue weighted by atomic mass is 10.1. The van der Waals surface area contributed by atoms with Crippen molar-refractivity contribution < 1.29 is 38.2 Å². The number of nitrogens with one attached hydrogen (secondary N) is 4. The molecule has 0 aliphatic carbocycles. The number of H-pyrrole nitrogens is 1. The first-order chi connectivity index (χ1) is 19.4. The second-order valence-corrected chi connectivity index (χ2v) is 8.69. The maximum Gasteiger partial charge on any atom is 0.328 e. The highest BCUT2D eigenvalue weighted by molar-refractivity contribution is 6.13. The predicted molar refractivity (Wildman–Crippen MR) is 146 cm³/mol. The van der Waals surface area contributed by atoms with Gasteiger partial charge in [0.25, 0.3) is 11.5 Å². The maximum atomic E-state index is 12.8. The Morgan fingerprint density at radius 2 is 1.61 bits per heavy atom. The lowest BCUT2D eigenvalue weighted by Crippen LogP contribution is -2.41. The van der Waals surface area contributed by atoms with E-state index in [-0.39, 0.29) is 48.7 Å². The van der Waals surface area contributed by atoms with Crippen LogP contribution in [-0.2, 0) is 39.9 Å². The molecule has 1 atom stereocenters. The van der Waals surface area contributed by atoms with Crippen LogP contribution < -0.4 is 26.4 Å². The minimum atomic E-state index is -1.05. The van der Waals surface area contributed by atoms with E-state index < -0.39 is 47.2 Å². The van der Waals surface area contributed by atoms with Gasteiger partial charge in [0.1, 0.15) is 6.04 Å². The Hall–Kier alpha value is -5.08. The van der Waals surface area contributed by atoms with Gasteiger partial charge in [-0.1, -0.05) is 0 Å². The fraction of sp³-hybridized carbons (Fsp3) is 0.385. The SMILES string of the molecule is COC(=O)CC[C@H](NC(=O)c1ccc(NCCc2c(N(C(C)=O)C(C)=O)nc(NC(C)=O)[nH]c2=O)cc1)C(=O)OC. The molecule has 4 N–H and O–H groups in total. The predicted octanol–water partition coefficient (Wildman–Crippen LogP) is 0.507.